The molecule has 1 aromatic rings. The number of nitriles is 1. The van der Waals surface area contributed by atoms with E-state index in [-0.39, 0.29) is 18.5 Å². The summed E-state index contributed by atoms with van der Waals surface area (Å²) in [6.07, 6.45) is 0. The number of hydrogen-bond acceptors (Lipinski definition) is 3. The Hall–Kier alpha value is -1.34. The van der Waals surface area contributed by atoms with E-state index < -0.39 is 0 Å². The minimum absolute atomic E-state index is 0.0575. The van der Waals surface area contributed by atoms with Crippen molar-refractivity contribution in [1.82, 2.24) is 4.90 Å². The van der Waals surface area contributed by atoms with Crippen LogP contribution in [0, 0.1) is 11.3 Å². The molecule has 0 bridgehead atoms. The lowest BCUT2D eigenvalue weighted by Crippen LogP contribution is -2.36. The first-order chi connectivity index (χ1) is 6.66. The number of nitrogens with zero attached hydrogens (tertiary/aromatic N) is 2. The summed E-state index contributed by atoms with van der Waals surface area (Å²) in [5, 5.41) is 12.3. The fraction of sp³-hybridized carbons (Fsp3) is 0.400. The summed E-state index contributed by atoms with van der Waals surface area (Å²) in [6.45, 7) is 3.95. The second kappa shape index (κ2) is 4.77. The van der Waals surface area contributed by atoms with E-state index in [1.54, 1.807) is 16.3 Å². The highest BCUT2D eigenvalue weighted by Crippen LogP contribution is 2.11. The largest absolute Gasteiger partial charge is 0.323 e. The third kappa shape index (κ3) is 2.33. The van der Waals surface area contributed by atoms with Crippen molar-refractivity contribution in [3.8, 4) is 6.07 Å². The van der Waals surface area contributed by atoms with Crippen molar-refractivity contribution in [3.63, 3.8) is 0 Å². The molecule has 0 aliphatic carbocycles. The van der Waals surface area contributed by atoms with Crippen molar-refractivity contribution in [1.29, 1.82) is 5.26 Å². The van der Waals surface area contributed by atoms with Crippen LogP contribution < -0.4 is 0 Å². The molecule has 0 saturated heterocycles. The van der Waals surface area contributed by atoms with Crippen molar-refractivity contribution in [2.45, 2.75) is 19.9 Å². The lowest BCUT2D eigenvalue weighted by atomic mass is 10.2. The van der Waals surface area contributed by atoms with Crippen molar-refractivity contribution in [2.75, 3.05) is 6.54 Å². The molecule has 1 aromatic heterocycles. The van der Waals surface area contributed by atoms with Crippen LogP contribution in [-0.4, -0.2) is 23.4 Å². The molecule has 1 amide bonds. The molecule has 0 spiro atoms. The predicted octanol–water partition coefficient (Wildman–Crippen LogP) is 2.12. The molecule has 1 rings (SSSR count). The first-order valence-corrected chi connectivity index (χ1v) is 5.31. The van der Waals surface area contributed by atoms with E-state index >= 15 is 0 Å². The minimum atomic E-state index is -0.0669. The highest BCUT2D eigenvalue weighted by atomic mass is 32.1. The van der Waals surface area contributed by atoms with Gasteiger partial charge in [-0.3, -0.25) is 4.79 Å². The van der Waals surface area contributed by atoms with Crippen LogP contribution in [0.4, 0.5) is 0 Å². The Balaban J connectivity index is 2.80. The van der Waals surface area contributed by atoms with E-state index in [1.807, 2.05) is 25.3 Å². The third-order valence-corrected chi connectivity index (χ3v) is 2.58. The smallest absolute Gasteiger partial charge is 0.255 e. The Labute approximate surface area is 87.6 Å². The van der Waals surface area contributed by atoms with Gasteiger partial charge in [-0.1, -0.05) is 0 Å². The summed E-state index contributed by atoms with van der Waals surface area (Å²) in [6, 6.07) is 3.84. The second-order valence-corrected chi connectivity index (χ2v) is 3.98. The lowest BCUT2D eigenvalue weighted by Gasteiger charge is -2.23. The molecule has 1 heterocycles. The summed E-state index contributed by atoms with van der Waals surface area (Å²) in [4.78, 5) is 13.4. The van der Waals surface area contributed by atoms with Crippen LogP contribution in [0.3, 0.4) is 0 Å². The SMILES string of the molecule is CC(C)N(CC#N)C(=O)c1ccsc1. The lowest BCUT2D eigenvalue weighted by molar-refractivity contribution is 0.0732. The van der Waals surface area contributed by atoms with Crippen LogP contribution in [-0.2, 0) is 0 Å². The van der Waals surface area contributed by atoms with Crippen LogP contribution in [0.2, 0.25) is 0 Å². The highest BCUT2D eigenvalue weighted by molar-refractivity contribution is 7.08. The first-order valence-electron chi connectivity index (χ1n) is 4.37. The van der Waals surface area contributed by atoms with E-state index in [0.29, 0.717) is 5.56 Å². The van der Waals surface area contributed by atoms with Crippen molar-refractivity contribution >= 4 is 17.2 Å². The van der Waals surface area contributed by atoms with Gasteiger partial charge in [0.05, 0.1) is 11.6 Å². The fourth-order valence-electron chi connectivity index (χ4n) is 1.12. The number of amides is 1. The Morgan fingerprint density at radius 1 is 1.71 bits per heavy atom. The van der Waals surface area contributed by atoms with Gasteiger partial charge in [-0.2, -0.15) is 16.6 Å². The van der Waals surface area contributed by atoms with Gasteiger partial charge in [0.25, 0.3) is 5.91 Å². The minimum Gasteiger partial charge on any atom is -0.323 e. The Bertz CT molecular complexity index is 338. The molecular formula is C10H12N2OS. The van der Waals surface area contributed by atoms with E-state index in [1.165, 1.54) is 11.3 Å². The zero-order valence-corrected chi connectivity index (χ0v) is 9.04. The summed E-state index contributed by atoms with van der Waals surface area (Å²) < 4.78 is 0. The van der Waals surface area contributed by atoms with Gasteiger partial charge in [0.15, 0.2) is 0 Å². The summed E-state index contributed by atoms with van der Waals surface area (Å²) >= 11 is 1.48. The Morgan fingerprint density at radius 2 is 2.43 bits per heavy atom. The number of carbonyl (C=O) groups is 1. The summed E-state index contributed by atoms with van der Waals surface area (Å²) in [5.74, 6) is -0.0669. The number of thiophene rings is 1. The molecule has 0 aromatic carbocycles. The topological polar surface area (TPSA) is 44.1 Å². The normalized spacial score (nSPS) is 9.86. The maximum atomic E-state index is 11.8. The number of carbonyl (C=O) groups excluding carboxylic acids is 1. The van der Waals surface area contributed by atoms with Gasteiger partial charge < -0.3 is 4.90 Å². The van der Waals surface area contributed by atoms with E-state index in [0.717, 1.165) is 0 Å². The third-order valence-electron chi connectivity index (χ3n) is 1.89. The van der Waals surface area contributed by atoms with Crippen LogP contribution >= 0.6 is 11.3 Å². The van der Waals surface area contributed by atoms with E-state index in [4.69, 9.17) is 5.26 Å². The van der Waals surface area contributed by atoms with E-state index in [2.05, 4.69) is 0 Å². The molecule has 0 unspecified atom stereocenters. The maximum absolute atomic E-state index is 11.8. The average molecular weight is 208 g/mol. The Morgan fingerprint density at radius 3 is 2.86 bits per heavy atom. The average Bonchev–Trinajstić information content (AvgIpc) is 2.65. The molecular weight excluding hydrogens is 196 g/mol. The van der Waals surface area contributed by atoms with Gasteiger partial charge >= 0.3 is 0 Å². The van der Waals surface area contributed by atoms with Gasteiger partial charge in [0, 0.05) is 11.4 Å². The van der Waals surface area contributed by atoms with Crippen LogP contribution in [0.5, 0.6) is 0 Å². The molecule has 0 radical (unpaired) electrons. The summed E-state index contributed by atoms with van der Waals surface area (Å²) in [5.41, 5.74) is 0.666. The van der Waals surface area contributed by atoms with Crippen LogP contribution in [0.1, 0.15) is 24.2 Å². The molecule has 3 nitrogen and oxygen atoms in total. The molecule has 0 fully saturated rings. The molecule has 0 N–H and O–H groups in total. The van der Waals surface area contributed by atoms with Gasteiger partial charge in [-0.25, -0.2) is 0 Å². The Kier molecular flexibility index (Phi) is 3.66. The molecule has 14 heavy (non-hydrogen) atoms. The summed E-state index contributed by atoms with van der Waals surface area (Å²) in [7, 11) is 0. The highest BCUT2D eigenvalue weighted by Gasteiger charge is 2.18. The number of rotatable bonds is 3. The van der Waals surface area contributed by atoms with E-state index in [9.17, 15) is 4.79 Å². The molecule has 0 saturated carbocycles. The number of hydrogen-bond donors (Lipinski definition) is 0. The van der Waals surface area contributed by atoms with Crippen molar-refractivity contribution in [3.05, 3.63) is 22.4 Å². The molecule has 74 valence electrons. The molecule has 0 atom stereocenters. The second-order valence-electron chi connectivity index (χ2n) is 3.20. The van der Waals surface area contributed by atoms with Gasteiger partial charge in [-0.15, -0.1) is 0 Å². The molecule has 0 aliphatic heterocycles. The molecule has 0 aliphatic rings. The van der Waals surface area contributed by atoms with Gasteiger partial charge in [-0.05, 0) is 25.3 Å². The molecule has 4 heteroatoms. The van der Waals surface area contributed by atoms with Crippen LogP contribution in [0.15, 0.2) is 16.8 Å². The quantitative estimate of drug-likeness (QED) is 0.714. The standard InChI is InChI=1S/C10H12N2OS/c1-8(2)12(5-4-11)10(13)9-3-6-14-7-9/h3,6-8H,5H2,1-2H3. The monoisotopic (exact) mass is 208 g/mol. The van der Waals surface area contributed by atoms with Gasteiger partial charge in [0.2, 0.25) is 0 Å². The van der Waals surface area contributed by atoms with Crippen molar-refractivity contribution in [2.24, 2.45) is 0 Å². The maximum Gasteiger partial charge on any atom is 0.255 e. The van der Waals surface area contributed by atoms with Gasteiger partial charge in [0.1, 0.15) is 6.54 Å². The van der Waals surface area contributed by atoms with Crippen LogP contribution in [0.25, 0.3) is 0 Å². The first kappa shape index (κ1) is 10.7. The predicted molar refractivity (Wildman–Crippen MR) is 56.1 cm³/mol. The zero-order valence-electron chi connectivity index (χ0n) is 8.23. The fourth-order valence-corrected chi connectivity index (χ4v) is 1.75. The van der Waals surface area contributed by atoms with Crippen molar-refractivity contribution < 1.29 is 4.79 Å². The zero-order chi connectivity index (χ0) is 10.6.